The number of hydrazone groups is 1. The predicted octanol–water partition coefficient (Wildman–Crippen LogP) is 7.42. The van der Waals surface area contributed by atoms with E-state index in [-0.39, 0.29) is 18.9 Å². The Bertz CT molecular complexity index is 1420. The third kappa shape index (κ3) is 6.69. The Morgan fingerprint density at radius 2 is 1.81 bits per heavy atom. The van der Waals surface area contributed by atoms with E-state index in [9.17, 15) is 4.79 Å². The van der Waals surface area contributed by atoms with Gasteiger partial charge < -0.3 is 9.47 Å². The Kier molecular flexibility index (Phi) is 9.07. The number of benzene rings is 4. The second-order valence-corrected chi connectivity index (χ2v) is 9.90. The fraction of sp³-hybridized carbons (Fsp3) is 0.143. The smallest absolute Gasteiger partial charge is 0.244 e. The van der Waals surface area contributed by atoms with Gasteiger partial charge in [-0.3, -0.25) is 4.79 Å². The lowest BCUT2D eigenvalue weighted by Crippen LogP contribution is -2.19. The molecule has 0 heterocycles. The maximum Gasteiger partial charge on any atom is 0.244 e. The Morgan fingerprint density at radius 1 is 1.00 bits per heavy atom. The topological polar surface area (TPSA) is 59.9 Å². The van der Waals surface area contributed by atoms with E-state index in [1.54, 1.807) is 18.3 Å². The molecule has 4 rings (SSSR count). The van der Waals surface area contributed by atoms with Crippen molar-refractivity contribution in [1.29, 1.82) is 0 Å². The number of carbonyl (C=O) groups is 1. The van der Waals surface area contributed by atoms with Crippen molar-refractivity contribution in [3.8, 4) is 11.5 Å². The van der Waals surface area contributed by atoms with Gasteiger partial charge in [-0.2, -0.15) is 5.10 Å². The van der Waals surface area contributed by atoms with Gasteiger partial charge in [0.05, 0.1) is 22.8 Å². The molecule has 0 atom stereocenters. The van der Waals surface area contributed by atoms with Crippen molar-refractivity contribution in [3.05, 3.63) is 103 Å². The number of fused-ring (bicyclic) bond motifs is 1. The van der Waals surface area contributed by atoms with Gasteiger partial charge in [0.25, 0.3) is 0 Å². The number of carbonyl (C=O) groups excluding carboxylic acids is 1. The minimum atomic E-state index is -0.192. The standard InChI is InChI=1S/C28H23Cl2IN2O3/c1-2-35-26-13-18(12-25(31)28(26)36-17-21-10-11-22(29)15-24(21)30)16-32-33-27(34)14-20-8-5-7-19-6-3-4-9-23(19)20/h3-13,15-16H,2,14,17H2,1H3,(H,33,34). The molecule has 184 valence electrons. The van der Waals surface area contributed by atoms with Gasteiger partial charge in [0.1, 0.15) is 6.61 Å². The first-order valence-electron chi connectivity index (χ1n) is 11.3. The quantitative estimate of drug-likeness (QED) is 0.119. The summed E-state index contributed by atoms with van der Waals surface area (Å²) in [6.07, 6.45) is 1.83. The SMILES string of the molecule is CCOc1cc(C=NNC(=O)Cc2cccc3ccccc23)cc(I)c1OCc1ccc(Cl)cc1Cl. The highest BCUT2D eigenvalue weighted by Crippen LogP contribution is 2.35. The van der Waals surface area contributed by atoms with Gasteiger partial charge in [-0.25, -0.2) is 5.43 Å². The van der Waals surface area contributed by atoms with E-state index in [0.717, 1.165) is 31.0 Å². The van der Waals surface area contributed by atoms with E-state index < -0.39 is 0 Å². The van der Waals surface area contributed by atoms with Crippen molar-refractivity contribution < 1.29 is 14.3 Å². The van der Waals surface area contributed by atoms with Crippen LogP contribution in [0.15, 0.2) is 77.9 Å². The van der Waals surface area contributed by atoms with Crippen LogP contribution in [0.25, 0.3) is 10.8 Å². The summed E-state index contributed by atoms with van der Waals surface area (Å²) in [5.74, 6) is 1.00. The molecule has 36 heavy (non-hydrogen) atoms. The van der Waals surface area contributed by atoms with Crippen LogP contribution < -0.4 is 14.9 Å². The number of hydrogen-bond donors (Lipinski definition) is 1. The number of nitrogens with one attached hydrogen (secondary N) is 1. The summed E-state index contributed by atoms with van der Waals surface area (Å²) in [6, 6.07) is 23.0. The lowest BCUT2D eigenvalue weighted by atomic mass is 10.0. The molecule has 0 radical (unpaired) electrons. The van der Waals surface area contributed by atoms with E-state index in [0.29, 0.717) is 28.2 Å². The average Bonchev–Trinajstić information content (AvgIpc) is 2.85. The van der Waals surface area contributed by atoms with Crippen molar-refractivity contribution in [1.82, 2.24) is 5.43 Å². The van der Waals surface area contributed by atoms with Gasteiger partial charge in [0.2, 0.25) is 5.91 Å². The van der Waals surface area contributed by atoms with E-state index in [2.05, 4.69) is 33.1 Å². The molecular formula is C28H23Cl2IN2O3. The fourth-order valence-electron chi connectivity index (χ4n) is 3.69. The summed E-state index contributed by atoms with van der Waals surface area (Å²) in [4.78, 5) is 12.5. The van der Waals surface area contributed by atoms with Crippen molar-refractivity contribution in [2.75, 3.05) is 6.61 Å². The van der Waals surface area contributed by atoms with Crippen LogP contribution in [-0.2, 0) is 17.8 Å². The minimum absolute atomic E-state index is 0.192. The van der Waals surface area contributed by atoms with E-state index in [1.165, 1.54) is 0 Å². The van der Waals surface area contributed by atoms with Crippen molar-refractivity contribution >= 4 is 68.7 Å². The van der Waals surface area contributed by atoms with Gasteiger partial charge in [0, 0.05) is 15.6 Å². The van der Waals surface area contributed by atoms with Crippen LogP contribution in [0.3, 0.4) is 0 Å². The molecule has 0 aliphatic rings. The first-order chi connectivity index (χ1) is 17.4. The molecule has 0 saturated carbocycles. The molecule has 1 N–H and O–H groups in total. The highest BCUT2D eigenvalue weighted by molar-refractivity contribution is 14.1. The van der Waals surface area contributed by atoms with Crippen LogP contribution >= 0.6 is 45.8 Å². The number of nitrogens with zero attached hydrogens (tertiary/aromatic N) is 1. The Morgan fingerprint density at radius 3 is 2.61 bits per heavy atom. The second-order valence-electron chi connectivity index (χ2n) is 7.90. The predicted molar refractivity (Wildman–Crippen MR) is 155 cm³/mol. The highest BCUT2D eigenvalue weighted by Gasteiger charge is 2.13. The average molecular weight is 633 g/mol. The molecule has 4 aromatic carbocycles. The van der Waals surface area contributed by atoms with Gasteiger partial charge >= 0.3 is 0 Å². The Balaban J connectivity index is 1.44. The molecule has 0 unspecified atom stereocenters. The largest absolute Gasteiger partial charge is 0.490 e. The summed E-state index contributed by atoms with van der Waals surface area (Å²) < 4.78 is 12.7. The van der Waals surface area contributed by atoms with E-state index >= 15 is 0 Å². The second kappa shape index (κ2) is 12.4. The monoisotopic (exact) mass is 632 g/mol. The van der Waals surface area contributed by atoms with Gasteiger partial charge in [0.15, 0.2) is 11.5 Å². The van der Waals surface area contributed by atoms with Crippen molar-refractivity contribution in [3.63, 3.8) is 0 Å². The zero-order valence-corrected chi connectivity index (χ0v) is 23.1. The first-order valence-corrected chi connectivity index (χ1v) is 13.1. The number of ether oxygens (including phenoxy) is 2. The molecule has 0 saturated heterocycles. The number of halogens is 3. The summed E-state index contributed by atoms with van der Waals surface area (Å²) in [5.41, 5.74) is 5.16. The van der Waals surface area contributed by atoms with Crippen LogP contribution in [0.1, 0.15) is 23.6 Å². The molecule has 0 bridgehead atoms. The van der Waals surface area contributed by atoms with E-state index in [4.69, 9.17) is 32.7 Å². The van der Waals surface area contributed by atoms with Crippen LogP contribution in [-0.4, -0.2) is 18.7 Å². The summed E-state index contributed by atoms with van der Waals surface area (Å²) >= 11 is 14.4. The molecular weight excluding hydrogens is 610 g/mol. The molecule has 0 aromatic heterocycles. The van der Waals surface area contributed by atoms with Crippen LogP contribution in [0, 0.1) is 3.57 Å². The number of rotatable bonds is 9. The van der Waals surface area contributed by atoms with Gasteiger partial charge in [-0.05, 0) is 75.7 Å². The fourth-order valence-corrected chi connectivity index (χ4v) is 4.94. The molecule has 0 spiro atoms. The molecule has 8 heteroatoms. The maximum absolute atomic E-state index is 12.5. The molecule has 0 fully saturated rings. The Labute approximate surface area is 233 Å². The zero-order valence-electron chi connectivity index (χ0n) is 19.4. The summed E-state index contributed by atoms with van der Waals surface area (Å²) in [5, 5.41) is 7.42. The van der Waals surface area contributed by atoms with Crippen LogP contribution in [0.2, 0.25) is 10.0 Å². The zero-order chi connectivity index (χ0) is 25.5. The normalized spacial score (nSPS) is 11.1. The maximum atomic E-state index is 12.5. The summed E-state index contributed by atoms with van der Waals surface area (Å²) in [6.45, 7) is 2.64. The Hall–Kier alpha value is -2.81. The minimum Gasteiger partial charge on any atom is -0.490 e. The van der Waals surface area contributed by atoms with Gasteiger partial charge in [-0.1, -0.05) is 71.7 Å². The van der Waals surface area contributed by atoms with Crippen molar-refractivity contribution in [2.45, 2.75) is 20.0 Å². The molecule has 0 aliphatic carbocycles. The molecule has 4 aromatic rings. The summed E-state index contributed by atoms with van der Waals surface area (Å²) in [7, 11) is 0. The molecule has 5 nitrogen and oxygen atoms in total. The molecule has 0 aliphatic heterocycles. The lowest BCUT2D eigenvalue weighted by molar-refractivity contribution is -0.120. The number of amides is 1. The highest BCUT2D eigenvalue weighted by atomic mass is 127. The van der Waals surface area contributed by atoms with Crippen molar-refractivity contribution in [2.24, 2.45) is 5.10 Å². The van der Waals surface area contributed by atoms with Crippen LogP contribution in [0.5, 0.6) is 11.5 Å². The lowest BCUT2D eigenvalue weighted by Gasteiger charge is -2.15. The number of hydrogen-bond acceptors (Lipinski definition) is 4. The van der Waals surface area contributed by atoms with E-state index in [1.807, 2.05) is 67.6 Å². The van der Waals surface area contributed by atoms with Gasteiger partial charge in [-0.15, -0.1) is 0 Å². The molecule has 1 amide bonds. The third-order valence-electron chi connectivity index (χ3n) is 5.35. The van der Waals surface area contributed by atoms with Crippen LogP contribution in [0.4, 0.5) is 0 Å². The third-order valence-corrected chi connectivity index (χ3v) is 6.74. The first kappa shape index (κ1) is 26.3.